The molecule has 2 amide bonds. The van der Waals surface area contributed by atoms with Crippen LogP contribution in [-0.4, -0.2) is 48.9 Å². The third-order valence-electron chi connectivity index (χ3n) is 4.35. The van der Waals surface area contributed by atoms with E-state index in [0.29, 0.717) is 41.2 Å². The number of benzene rings is 1. The van der Waals surface area contributed by atoms with E-state index < -0.39 is 5.97 Å². The molecule has 1 N–H and O–H groups in total. The Kier molecular flexibility index (Phi) is 5.68. The van der Waals surface area contributed by atoms with E-state index in [1.54, 1.807) is 12.1 Å². The maximum Gasteiger partial charge on any atom is 0.348 e. The van der Waals surface area contributed by atoms with Crippen LogP contribution in [0.2, 0.25) is 0 Å². The highest BCUT2D eigenvalue weighted by atomic mass is 32.1. The summed E-state index contributed by atoms with van der Waals surface area (Å²) < 4.78 is 4.65. The zero-order valence-corrected chi connectivity index (χ0v) is 15.3. The molecule has 6 nitrogen and oxygen atoms in total. The number of hydrogen-bond donors (Lipinski definition) is 1. The van der Waals surface area contributed by atoms with Gasteiger partial charge in [0.2, 0.25) is 0 Å². The Bertz CT molecular complexity index is 795. The van der Waals surface area contributed by atoms with Crippen LogP contribution in [0.4, 0.5) is 0 Å². The molecule has 0 aliphatic carbocycles. The van der Waals surface area contributed by atoms with E-state index in [1.807, 2.05) is 35.2 Å². The van der Waals surface area contributed by atoms with Gasteiger partial charge in [-0.1, -0.05) is 18.2 Å². The fourth-order valence-corrected chi connectivity index (χ4v) is 3.74. The minimum atomic E-state index is -0.443. The molecular weight excluding hydrogens is 352 g/mol. The van der Waals surface area contributed by atoms with Crippen molar-refractivity contribution in [1.82, 2.24) is 10.2 Å². The van der Waals surface area contributed by atoms with Gasteiger partial charge < -0.3 is 15.0 Å². The lowest BCUT2D eigenvalue weighted by Gasteiger charge is -2.32. The number of hydrogen-bond acceptors (Lipinski definition) is 5. The monoisotopic (exact) mass is 372 g/mol. The zero-order chi connectivity index (χ0) is 18.5. The lowest BCUT2D eigenvalue weighted by molar-refractivity contribution is 0.0605. The van der Waals surface area contributed by atoms with E-state index in [4.69, 9.17) is 0 Å². The largest absolute Gasteiger partial charge is 0.465 e. The summed E-state index contributed by atoms with van der Waals surface area (Å²) in [5.41, 5.74) is 0.684. The molecular formula is C19H20N2O4S. The molecule has 0 radical (unpaired) electrons. The molecule has 0 unspecified atom stereocenters. The summed E-state index contributed by atoms with van der Waals surface area (Å²) in [4.78, 5) is 39.0. The highest BCUT2D eigenvalue weighted by Gasteiger charge is 2.25. The number of piperidine rings is 1. The molecule has 0 bridgehead atoms. The Morgan fingerprint density at radius 3 is 2.35 bits per heavy atom. The molecule has 3 rings (SSSR count). The normalized spacial score (nSPS) is 14.7. The molecule has 1 saturated heterocycles. The number of likely N-dealkylation sites (tertiary alicyclic amines) is 1. The standard InChI is InChI=1S/C19H20N2O4S/c1-25-19(24)16-8-7-15(26-16)17(22)20-14-9-11-21(12-10-14)18(23)13-5-3-2-4-6-13/h2-8,14H,9-12H2,1H3,(H,20,22). The van der Waals surface area contributed by atoms with E-state index >= 15 is 0 Å². The summed E-state index contributed by atoms with van der Waals surface area (Å²) in [5.74, 6) is -0.615. The Hall–Kier alpha value is -2.67. The third kappa shape index (κ3) is 4.11. The van der Waals surface area contributed by atoms with Crippen molar-refractivity contribution in [2.45, 2.75) is 18.9 Å². The van der Waals surface area contributed by atoms with Crippen molar-refractivity contribution in [1.29, 1.82) is 0 Å². The third-order valence-corrected chi connectivity index (χ3v) is 5.42. The molecule has 1 aliphatic rings. The van der Waals surface area contributed by atoms with Gasteiger partial charge in [-0.05, 0) is 37.1 Å². The van der Waals surface area contributed by atoms with Gasteiger partial charge in [-0.3, -0.25) is 9.59 Å². The molecule has 2 heterocycles. The quantitative estimate of drug-likeness (QED) is 0.837. The number of nitrogens with one attached hydrogen (secondary N) is 1. The number of carbonyl (C=O) groups excluding carboxylic acids is 3. The van der Waals surface area contributed by atoms with E-state index in [1.165, 1.54) is 7.11 Å². The van der Waals surface area contributed by atoms with Crippen LogP contribution in [-0.2, 0) is 4.74 Å². The van der Waals surface area contributed by atoms with E-state index in [-0.39, 0.29) is 17.9 Å². The minimum absolute atomic E-state index is 0.0194. The molecule has 1 aromatic carbocycles. The summed E-state index contributed by atoms with van der Waals surface area (Å²) in [5, 5.41) is 2.99. The molecule has 0 atom stereocenters. The van der Waals surface area contributed by atoms with Crippen molar-refractivity contribution < 1.29 is 19.1 Å². The van der Waals surface area contributed by atoms with Crippen LogP contribution in [0.5, 0.6) is 0 Å². The van der Waals surface area contributed by atoms with Crippen LogP contribution in [0.3, 0.4) is 0 Å². The fourth-order valence-electron chi connectivity index (χ4n) is 2.92. The van der Waals surface area contributed by atoms with Gasteiger partial charge in [0.15, 0.2) is 0 Å². The molecule has 2 aromatic rings. The summed E-state index contributed by atoms with van der Waals surface area (Å²) >= 11 is 1.11. The number of ether oxygens (including phenoxy) is 1. The number of esters is 1. The number of methoxy groups -OCH3 is 1. The molecule has 1 fully saturated rings. The molecule has 1 aromatic heterocycles. The SMILES string of the molecule is COC(=O)c1ccc(C(=O)NC2CCN(C(=O)c3ccccc3)CC2)s1. The Morgan fingerprint density at radius 1 is 1.04 bits per heavy atom. The van der Waals surface area contributed by atoms with Crippen molar-refractivity contribution >= 4 is 29.1 Å². The van der Waals surface area contributed by atoms with Crippen molar-refractivity contribution in [3.05, 3.63) is 57.8 Å². The van der Waals surface area contributed by atoms with Gasteiger partial charge in [0, 0.05) is 24.7 Å². The van der Waals surface area contributed by atoms with Crippen molar-refractivity contribution in [2.24, 2.45) is 0 Å². The maximum atomic E-state index is 12.4. The number of amides is 2. The van der Waals surface area contributed by atoms with E-state index in [9.17, 15) is 14.4 Å². The lowest BCUT2D eigenvalue weighted by Crippen LogP contribution is -2.46. The number of rotatable bonds is 4. The Balaban J connectivity index is 1.52. The summed E-state index contributed by atoms with van der Waals surface area (Å²) in [6.45, 7) is 1.22. The van der Waals surface area contributed by atoms with Gasteiger partial charge in [-0.15, -0.1) is 11.3 Å². The first-order valence-corrected chi connectivity index (χ1v) is 9.23. The minimum Gasteiger partial charge on any atom is -0.465 e. The molecule has 26 heavy (non-hydrogen) atoms. The summed E-state index contributed by atoms with van der Waals surface area (Å²) in [7, 11) is 1.31. The van der Waals surface area contributed by atoms with Crippen molar-refractivity contribution in [3.63, 3.8) is 0 Å². The van der Waals surface area contributed by atoms with Gasteiger partial charge >= 0.3 is 5.97 Å². The van der Waals surface area contributed by atoms with Crippen LogP contribution in [0.25, 0.3) is 0 Å². The number of nitrogens with zero attached hydrogens (tertiary/aromatic N) is 1. The molecule has 0 saturated carbocycles. The molecule has 136 valence electrons. The highest BCUT2D eigenvalue weighted by Crippen LogP contribution is 2.19. The Labute approximate surface area is 155 Å². The first-order chi connectivity index (χ1) is 12.6. The second-order valence-electron chi connectivity index (χ2n) is 6.06. The summed E-state index contributed by atoms with van der Waals surface area (Å²) in [6.07, 6.45) is 1.42. The first kappa shape index (κ1) is 18.1. The fraction of sp³-hybridized carbons (Fsp3) is 0.316. The lowest BCUT2D eigenvalue weighted by atomic mass is 10.0. The average Bonchev–Trinajstić information content (AvgIpc) is 3.18. The number of thiophene rings is 1. The van der Waals surface area contributed by atoms with E-state index in [0.717, 1.165) is 11.3 Å². The Morgan fingerprint density at radius 2 is 1.69 bits per heavy atom. The van der Waals surface area contributed by atoms with Crippen LogP contribution >= 0.6 is 11.3 Å². The summed E-state index contributed by atoms with van der Waals surface area (Å²) in [6, 6.07) is 12.4. The van der Waals surface area contributed by atoms with Gasteiger partial charge in [0.1, 0.15) is 4.88 Å². The zero-order valence-electron chi connectivity index (χ0n) is 14.4. The second-order valence-corrected chi connectivity index (χ2v) is 7.15. The highest BCUT2D eigenvalue weighted by molar-refractivity contribution is 7.15. The predicted molar refractivity (Wildman–Crippen MR) is 98.5 cm³/mol. The second kappa shape index (κ2) is 8.14. The van der Waals surface area contributed by atoms with Crippen LogP contribution in [0.15, 0.2) is 42.5 Å². The van der Waals surface area contributed by atoms with Crippen LogP contribution in [0.1, 0.15) is 42.5 Å². The van der Waals surface area contributed by atoms with Crippen molar-refractivity contribution in [3.8, 4) is 0 Å². The van der Waals surface area contributed by atoms with Crippen LogP contribution < -0.4 is 5.32 Å². The predicted octanol–water partition coefficient (Wildman–Crippen LogP) is 2.57. The van der Waals surface area contributed by atoms with Gasteiger partial charge in [-0.25, -0.2) is 4.79 Å². The van der Waals surface area contributed by atoms with E-state index in [2.05, 4.69) is 10.1 Å². The molecule has 1 aliphatic heterocycles. The average molecular weight is 372 g/mol. The topological polar surface area (TPSA) is 75.7 Å². The molecule has 0 spiro atoms. The smallest absolute Gasteiger partial charge is 0.348 e. The molecule has 7 heteroatoms. The first-order valence-electron chi connectivity index (χ1n) is 8.42. The number of carbonyl (C=O) groups is 3. The van der Waals surface area contributed by atoms with Crippen LogP contribution in [0, 0.1) is 0 Å². The van der Waals surface area contributed by atoms with Gasteiger partial charge in [-0.2, -0.15) is 0 Å². The maximum absolute atomic E-state index is 12.4. The van der Waals surface area contributed by atoms with Gasteiger partial charge in [0.05, 0.1) is 12.0 Å². The van der Waals surface area contributed by atoms with Gasteiger partial charge in [0.25, 0.3) is 11.8 Å². The van der Waals surface area contributed by atoms with Crippen molar-refractivity contribution in [2.75, 3.05) is 20.2 Å².